The Morgan fingerprint density at radius 1 is 1.27 bits per heavy atom. The van der Waals surface area contributed by atoms with Crippen molar-refractivity contribution in [2.24, 2.45) is 5.92 Å². The molecule has 0 spiro atoms. The number of amides is 1. The Kier molecular flexibility index (Phi) is 5.15. The molecular weight excluding hydrogens is 343 g/mol. The zero-order chi connectivity index (χ0) is 18.7. The van der Waals surface area contributed by atoms with Crippen LogP contribution in [0.1, 0.15) is 35.7 Å². The molecule has 7 heteroatoms. The van der Waals surface area contributed by atoms with E-state index in [2.05, 4.69) is 22.1 Å². The maximum absolute atomic E-state index is 12.8. The van der Waals surface area contributed by atoms with Crippen LogP contribution in [0.5, 0.6) is 0 Å². The number of nitrogens with one attached hydrogen (secondary N) is 1. The van der Waals surface area contributed by atoms with Gasteiger partial charge in [-0.25, -0.2) is 4.98 Å². The summed E-state index contributed by atoms with van der Waals surface area (Å²) in [5.41, 5.74) is -0.326. The number of alkyl halides is 3. The Labute approximate surface area is 150 Å². The topological polar surface area (TPSA) is 45.2 Å². The summed E-state index contributed by atoms with van der Waals surface area (Å²) < 4.78 is 38.4. The molecule has 2 heterocycles. The van der Waals surface area contributed by atoms with Crippen LogP contribution in [0.25, 0.3) is 0 Å². The number of rotatable bonds is 3. The van der Waals surface area contributed by atoms with E-state index >= 15 is 0 Å². The Morgan fingerprint density at radius 3 is 2.81 bits per heavy atom. The average Bonchev–Trinajstić information content (AvgIpc) is 2.61. The first kappa shape index (κ1) is 18.2. The molecule has 2 aromatic rings. The van der Waals surface area contributed by atoms with E-state index in [4.69, 9.17) is 0 Å². The normalized spacial score (nSPS) is 17.8. The summed E-state index contributed by atoms with van der Waals surface area (Å²) in [6.07, 6.45) is -0.652. The average molecular weight is 363 g/mol. The number of hydrogen-bond donors (Lipinski definition) is 1. The highest BCUT2D eigenvalue weighted by Crippen LogP contribution is 2.30. The molecule has 0 bridgehead atoms. The van der Waals surface area contributed by atoms with Gasteiger partial charge >= 0.3 is 6.18 Å². The van der Waals surface area contributed by atoms with Gasteiger partial charge in [0.05, 0.1) is 5.56 Å². The van der Waals surface area contributed by atoms with E-state index in [1.165, 1.54) is 18.6 Å². The molecule has 0 saturated carbocycles. The van der Waals surface area contributed by atoms with Crippen LogP contribution in [0.2, 0.25) is 0 Å². The number of benzene rings is 1. The van der Waals surface area contributed by atoms with Gasteiger partial charge in [-0.15, -0.1) is 0 Å². The van der Waals surface area contributed by atoms with E-state index in [0.717, 1.165) is 31.6 Å². The van der Waals surface area contributed by atoms with Crippen LogP contribution in [-0.4, -0.2) is 24.0 Å². The first-order valence-electron chi connectivity index (χ1n) is 8.52. The molecule has 1 aromatic carbocycles. The molecule has 1 fully saturated rings. The molecule has 0 radical (unpaired) electrons. The van der Waals surface area contributed by atoms with Crippen molar-refractivity contribution >= 4 is 17.4 Å². The first-order valence-corrected chi connectivity index (χ1v) is 8.52. The molecule has 1 saturated heterocycles. The monoisotopic (exact) mass is 363 g/mol. The minimum atomic E-state index is -4.45. The Morgan fingerprint density at radius 2 is 2.08 bits per heavy atom. The van der Waals surface area contributed by atoms with Gasteiger partial charge < -0.3 is 10.2 Å². The van der Waals surface area contributed by atoms with E-state index in [9.17, 15) is 18.0 Å². The van der Waals surface area contributed by atoms with Crippen molar-refractivity contribution in [3.05, 3.63) is 53.7 Å². The standard InChI is InChI=1S/C19H20F3N3O/c1-13-4-3-9-25(12-13)17-10-14(7-8-23-17)18(26)24-16-6-2-5-15(11-16)19(20,21)22/h2,5-8,10-11,13H,3-4,9,12H2,1H3,(H,24,26). The van der Waals surface area contributed by atoms with Crippen molar-refractivity contribution in [1.82, 2.24) is 4.98 Å². The number of halogens is 3. The fourth-order valence-corrected chi connectivity index (χ4v) is 3.11. The maximum atomic E-state index is 12.8. The molecule has 138 valence electrons. The Balaban J connectivity index is 1.75. The van der Waals surface area contributed by atoms with Gasteiger partial charge in [-0.3, -0.25) is 4.79 Å². The third-order valence-corrected chi connectivity index (χ3v) is 4.44. The molecule has 0 aliphatic carbocycles. The summed E-state index contributed by atoms with van der Waals surface area (Å²) >= 11 is 0. The highest BCUT2D eigenvalue weighted by molar-refractivity contribution is 6.04. The van der Waals surface area contributed by atoms with Crippen LogP contribution in [-0.2, 0) is 6.18 Å². The van der Waals surface area contributed by atoms with Crippen LogP contribution in [0, 0.1) is 5.92 Å². The summed E-state index contributed by atoms with van der Waals surface area (Å²) in [6.45, 7) is 3.94. The number of aromatic nitrogens is 1. The summed E-state index contributed by atoms with van der Waals surface area (Å²) in [5.74, 6) is 0.819. The second kappa shape index (κ2) is 7.35. The zero-order valence-corrected chi connectivity index (χ0v) is 14.4. The second-order valence-corrected chi connectivity index (χ2v) is 6.63. The predicted octanol–water partition coefficient (Wildman–Crippen LogP) is 4.59. The molecule has 1 unspecified atom stereocenters. The number of piperidine rings is 1. The van der Waals surface area contributed by atoms with Crippen molar-refractivity contribution in [3.8, 4) is 0 Å². The van der Waals surface area contributed by atoms with E-state index in [0.29, 0.717) is 17.3 Å². The van der Waals surface area contributed by atoms with Crippen LogP contribution >= 0.6 is 0 Å². The fraction of sp³-hybridized carbons (Fsp3) is 0.368. The van der Waals surface area contributed by atoms with Crippen molar-refractivity contribution in [1.29, 1.82) is 0 Å². The molecular formula is C19H20F3N3O. The van der Waals surface area contributed by atoms with E-state index < -0.39 is 17.6 Å². The summed E-state index contributed by atoms with van der Waals surface area (Å²) in [7, 11) is 0. The van der Waals surface area contributed by atoms with Crippen LogP contribution in [0.15, 0.2) is 42.6 Å². The molecule has 4 nitrogen and oxygen atoms in total. The highest BCUT2D eigenvalue weighted by atomic mass is 19.4. The molecule has 1 aromatic heterocycles. The minimum Gasteiger partial charge on any atom is -0.356 e. The smallest absolute Gasteiger partial charge is 0.356 e. The van der Waals surface area contributed by atoms with Gasteiger partial charge in [-0.1, -0.05) is 13.0 Å². The summed E-state index contributed by atoms with van der Waals surface area (Å²) in [5, 5.41) is 2.52. The van der Waals surface area contributed by atoms with Crippen molar-refractivity contribution in [2.75, 3.05) is 23.3 Å². The lowest BCUT2D eigenvalue weighted by molar-refractivity contribution is -0.137. The SMILES string of the molecule is CC1CCCN(c2cc(C(=O)Nc3cccc(C(F)(F)F)c3)ccn2)C1. The lowest BCUT2D eigenvalue weighted by Gasteiger charge is -2.31. The number of anilines is 2. The third-order valence-electron chi connectivity index (χ3n) is 4.44. The number of carbonyl (C=O) groups excluding carboxylic acids is 1. The van der Waals surface area contributed by atoms with Gasteiger partial charge in [0.1, 0.15) is 5.82 Å². The zero-order valence-electron chi connectivity index (χ0n) is 14.4. The van der Waals surface area contributed by atoms with Crippen molar-refractivity contribution < 1.29 is 18.0 Å². The maximum Gasteiger partial charge on any atom is 0.416 e. The van der Waals surface area contributed by atoms with E-state index in [1.807, 2.05) is 0 Å². The van der Waals surface area contributed by atoms with Gasteiger partial charge in [0, 0.05) is 30.5 Å². The molecule has 1 amide bonds. The fourth-order valence-electron chi connectivity index (χ4n) is 3.11. The predicted molar refractivity (Wildman–Crippen MR) is 94.2 cm³/mol. The molecule has 1 N–H and O–H groups in total. The second-order valence-electron chi connectivity index (χ2n) is 6.63. The van der Waals surface area contributed by atoms with Gasteiger partial charge in [0.25, 0.3) is 5.91 Å². The number of hydrogen-bond acceptors (Lipinski definition) is 3. The summed E-state index contributed by atoms with van der Waals surface area (Å²) in [6, 6.07) is 7.83. The molecule has 1 aliphatic rings. The van der Waals surface area contributed by atoms with Crippen LogP contribution in [0.4, 0.5) is 24.7 Å². The highest BCUT2D eigenvalue weighted by Gasteiger charge is 2.30. The quantitative estimate of drug-likeness (QED) is 0.868. The largest absolute Gasteiger partial charge is 0.416 e. The number of nitrogens with zero attached hydrogens (tertiary/aromatic N) is 2. The molecule has 1 atom stereocenters. The van der Waals surface area contributed by atoms with Gasteiger partial charge in [0.15, 0.2) is 0 Å². The lowest BCUT2D eigenvalue weighted by atomic mass is 10.0. The molecule has 3 rings (SSSR count). The third kappa shape index (κ3) is 4.33. The van der Waals surface area contributed by atoms with Crippen molar-refractivity contribution in [2.45, 2.75) is 25.9 Å². The number of carbonyl (C=O) groups is 1. The minimum absolute atomic E-state index is 0.106. The van der Waals surface area contributed by atoms with Crippen molar-refractivity contribution in [3.63, 3.8) is 0 Å². The molecule has 1 aliphatic heterocycles. The first-order chi connectivity index (χ1) is 12.3. The van der Waals surface area contributed by atoms with Gasteiger partial charge in [-0.05, 0) is 49.1 Å². The van der Waals surface area contributed by atoms with Crippen LogP contribution < -0.4 is 10.2 Å². The summed E-state index contributed by atoms with van der Waals surface area (Å²) in [4.78, 5) is 18.9. The van der Waals surface area contributed by atoms with Gasteiger partial charge in [0.2, 0.25) is 0 Å². The molecule has 26 heavy (non-hydrogen) atoms. The Bertz CT molecular complexity index is 792. The lowest BCUT2D eigenvalue weighted by Crippen LogP contribution is -2.34. The number of pyridine rings is 1. The Hall–Kier alpha value is -2.57. The van der Waals surface area contributed by atoms with E-state index in [1.54, 1.807) is 18.3 Å². The van der Waals surface area contributed by atoms with Gasteiger partial charge in [-0.2, -0.15) is 13.2 Å². The van der Waals surface area contributed by atoms with Crippen LogP contribution in [0.3, 0.4) is 0 Å². The van der Waals surface area contributed by atoms with E-state index in [-0.39, 0.29) is 5.69 Å².